The monoisotopic (exact) mass is 261 g/mol. The average molecular weight is 261 g/mol. The summed E-state index contributed by atoms with van der Waals surface area (Å²) in [6.07, 6.45) is 5.99. The van der Waals surface area contributed by atoms with Gasteiger partial charge in [0.1, 0.15) is 0 Å². The fourth-order valence-corrected chi connectivity index (χ4v) is 1.84. The minimum Gasteiger partial charge on any atom is -0.364 e. The smallest absolute Gasteiger partial charge is 0.314 e. The van der Waals surface area contributed by atoms with Gasteiger partial charge in [0, 0.05) is 31.5 Å². The van der Waals surface area contributed by atoms with Gasteiger partial charge in [0.15, 0.2) is 0 Å². The van der Waals surface area contributed by atoms with Crippen molar-refractivity contribution in [3.63, 3.8) is 0 Å². The van der Waals surface area contributed by atoms with Crippen LogP contribution >= 0.6 is 0 Å². The van der Waals surface area contributed by atoms with Crippen LogP contribution in [0.25, 0.3) is 0 Å². The summed E-state index contributed by atoms with van der Waals surface area (Å²) in [5, 5.41) is 18.1. The molecule has 0 unspecified atom stereocenters. The number of nitro groups is 1. The number of nitrogens with one attached hydrogen (secondary N) is 1. The molecule has 100 valence electrons. The van der Waals surface area contributed by atoms with Crippen LogP contribution in [0.5, 0.6) is 0 Å². The quantitative estimate of drug-likeness (QED) is 0.653. The number of anilines is 1. The number of aromatic nitrogens is 3. The number of hydrogen-bond acceptors (Lipinski definition) is 5. The highest BCUT2D eigenvalue weighted by Crippen LogP contribution is 2.25. The lowest BCUT2D eigenvalue weighted by Crippen LogP contribution is -2.09. The summed E-state index contributed by atoms with van der Waals surface area (Å²) < 4.78 is 1.72. The zero-order valence-electron chi connectivity index (χ0n) is 10.8. The molecule has 19 heavy (non-hydrogen) atoms. The molecule has 2 rings (SSSR count). The molecule has 0 bridgehead atoms. The van der Waals surface area contributed by atoms with E-state index in [2.05, 4.69) is 15.4 Å². The van der Waals surface area contributed by atoms with Crippen molar-refractivity contribution >= 4 is 11.5 Å². The van der Waals surface area contributed by atoms with Crippen LogP contribution in [0, 0.1) is 17.0 Å². The summed E-state index contributed by atoms with van der Waals surface area (Å²) >= 11 is 0. The predicted octanol–water partition coefficient (Wildman–Crippen LogP) is 1.69. The Hall–Kier alpha value is -2.44. The van der Waals surface area contributed by atoms with E-state index in [1.54, 1.807) is 30.1 Å². The van der Waals surface area contributed by atoms with Crippen LogP contribution in [-0.4, -0.2) is 26.2 Å². The Morgan fingerprint density at radius 2 is 2.32 bits per heavy atom. The van der Waals surface area contributed by atoms with Crippen LogP contribution in [0.1, 0.15) is 11.1 Å². The number of hydrogen-bond donors (Lipinski definition) is 1. The zero-order valence-corrected chi connectivity index (χ0v) is 10.8. The highest BCUT2D eigenvalue weighted by atomic mass is 16.6. The number of nitrogens with zero attached hydrogens (tertiary/aromatic N) is 4. The molecule has 2 aromatic rings. The first-order valence-electron chi connectivity index (χ1n) is 5.89. The first-order chi connectivity index (χ1) is 9.08. The molecule has 0 amide bonds. The highest BCUT2D eigenvalue weighted by molar-refractivity contribution is 5.59. The van der Waals surface area contributed by atoms with Crippen LogP contribution in [-0.2, 0) is 13.5 Å². The molecule has 2 heterocycles. The molecule has 2 aromatic heterocycles. The zero-order chi connectivity index (χ0) is 13.8. The molecule has 1 N–H and O–H groups in total. The Morgan fingerprint density at radius 1 is 1.53 bits per heavy atom. The lowest BCUT2D eigenvalue weighted by atomic mass is 10.2. The molecule has 0 atom stereocenters. The summed E-state index contributed by atoms with van der Waals surface area (Å²) in [4.78, 5) is 14.6. The molecule has 0 aliphatic carbocycles. The number of aryl methyl sites for hydroxylation is 2. The van der Waals surface area contributed by atoms with Crippen LogP contribution in [0.3, 0.4) is 0 Å². The van der Waals surface area contributed by atoms with Crippen molar-refractivity contribution in [2.75, 3.05) is 11.9 Å². The van der Waals surface area contributed by atoms with Crippen LogP contribution in [0.4, 0.5) is 11.5 Å². The Morgan fingerprint density at radius 3 is 2.95 bits per heavy atom. The molecular formula is C12H15N5O2. The SMILES string of the molecule is Cc1ccnc(NCCc2cnn(C)c2)c1[N+](=O)[O-]. The third-order valence-electron chi connectivity index (χ3n) is 2.77. The summed E-state index contributed by atoms with van der Waals surface area (Å²) in [7, 11) is 1.85. The van der Waals surface area contributed by atoms with E-state index < -0.39 is 4.92 Å². The van der Waals surface area contributed by atoms with E-state index in [0.717, 1.165) is 12.0 Å². The maximum atomic E-state index is 11.0. The maximum Gasteiger partial charge on any atom is 0.314 e. The number of pyridine rings is 1. The van der Waals surface area contributed by atoms with Crippen molar-refractivity contribution in [2.24, 2.45) is 7.05 Å². The van der Waals surface area contributed by atoms with Gasteiger partial charge in [-0.3, -0.25) is 14.8 Å². The third-order valence-corrected chi connectivity index (χ3v) is 2.77. The molecule has 0 spiro atoms. The van der Waals surface area contributed by atoms with Crippen molar-refractivity contribution in [1.82, 2.24) is 14.8 Å². The molecule has 0 saturated carbocycles. The van der Waals surface area contributed by atoms with Crippen LogP contribution in [0.2, 0.25) is 0 Å². The van der Waals surface area contributed by atoms with Gasteiger partial charge in [0.25, 0.3) is 0 Å². The lowest BCUT2D eigenvalue weighted by Gasteiger charge is -2.06. The molecule has 0 saturated heterocycles. The molecule has 0 aliphatic heterocycles. The van der Waals surface area contributed by atoms with Gasteiger partial charge in [0.05, 0.1) is 11.1 Å². The van der Waals surface area contributed by atoms with Crippen molar-refractivity contribution < 1.29 is 4.92 Å². The molecule has 7 nitrogen and oxygen atoms in total. The Balaban J connectivity index is 2.03. The van der Waals surface area contributed by atoms with E-state index in [1.807, 2.05) is 13.2 Å². The van der Waals surface area contributed by atoms with Gasteiger partial charge in [-0.25, -0.2) is 4.98 Å². The van der Waals surface area contributed by atoms with E-state index in [0.29, 0.717) is 17.9 Å². The predicted molar refractivity (Wildman–Crippen MR) is 71.0 cm³/mol. The first-order valence-corrected chi connectivity index (χ1v) is 5.89. The van der Waals surface area contributed by atoms with Gasteiger partial charge in [-0.1, -0.05) is 0 Å². The molecular weight excluding hydrogens is 246 g/mol. The van der Waals surface area contributed by atoms with E-state index in [4.69, 9.17) is 0 Å². The van der Waals surface area contributed by atoms with Crippen molar-refractivity contribution in [2.45, 2.75) is 13.3 Å². The second-order valence-corrected chi connectivity index (χ2v) is 4.28. The van der Waals surface area contributed by atoms with Gasteiger partial charge in [0.2, 0.25) is 5.82 Å². The van der Waals surface area contributed by atoms with Gasteiger partial charge in [-0.05, 0) is 25.0 Å². The van der Waals surface area contributed by atoms with Crippen LogP contribution < -0.4 is 5.32 Å². The van der Waals surface area contributed by atoms with Gasteiger partial charge < -0.3 is 5.32 Å². The van der Waals surface area contributed by atoms with E-state index in [9.17, 15) is 10.1 Å². The van der Waals surface area contributed by atoms with E-state index in [-0.39, 0.29) is 5.69 Å². The standard InChI is InChI=1S/C12H15N5O2/c1-9-3-5-13-12(11(9)17(18)19)14-6-4-10-7-15-16(2)8-10/h3,5,7-8H,4,6H2,1-2H3,(H,13,14). The molecule has 0 aliphatic rings. The molecule has 0 fully saturated rings. The Bertz CT molecular complexity index is 594. The fraction of sp³-hybridized carbons (Fsp3) is 0.333. The summed E-state index contributed by atoms with van der Waals surface area (Å²) in [5.74, 6) is 0.314. The van der Waals surface area contributed by atoms with E-state index in [1.165, 1.54) is 0 Å². The largest absolute Gasteiger partial charge is 0.364 e. The second-order valence-electron chi connectivity index (χ2n) is 4.28. The Kier molecular flexibility index (Phi) is 3.74. The van der Waals surface area contributed by atoms with Crippen molar-refractivity contribution in [1.29, 1.82) is 0 Å². The average Bonchev–Trinajstić information content (AvgIpc) is 2.74. The van der Waals surface area contributed by atoms with E-state index >= 15 is 0 Å². The molecule has 0 aromatic carbocycles. The van der Waals surface area contributed by atoms with Crippen LogP contribution in [0.15, 0.2) is 24.7 Å². The van der Waals surface area contributed by atoms with Crippen molar-refractivity contribution in [3.8, 4) is 0 Å². The van der Waals surface area contributed by atoms with Gasteiger partial charge in [-0.15, -0.1) is 0 Å². The third kappa shape index (κ3) is 3.06. The number of rotatable bonds is 5. The summed E-state index contributed by atoms with van der Waals surface area (Å²) in [6, 6.07) is 1.63. The fourth-order valence-electron chi connectivity index (χ4n) is 1.84. The van der Waals surface area contributed by atoms with Gasteiger partial charge >= 0.3 is 5.69 Å². The molecule has 7 heteroatoms. The summed E-state index contributed by atoms with van der Waals surface area (Å²) in [6.45, 7) is 2.27. The second kappa shape index (κ2) is 5.47. The first kappa shape index (κ1) is 13.0. The van der Waals surface area contributed by atoms with Gasteiger partial charge in [-0.2, -0.15) is 5.10 Å². The minimum atomic E-state index is -0.408. The molecule has 0 radical (unpaired) electrons. The van der Waals surface area contributed by atoms with Crippen molar-refractivity contribution in [3.05, 3.63) is 45.9 Å². The normalized spacial score (nSPS) is 10.4. The topological polar surface area (TPSA) is 85.9 Å². The minimum absolute atomic E-state index is 0.0358. The maximum absolute atomic E-state index is 11.0. The lowest BCUT2D eigenvalue weighted by molar-refractivity contribution is -0.384. The highest BCUT2D eigenvalue weighted by Gasteiger charge is 2.17. The Labute approximate surface area is 110 Å². The summed E-state index contributed by atoms with van der Waals surface area (Å²) in [5.41, 5.74) is 1.71.